The highest BCUT2D eigenvalue weighted by Gasteiger charge is 2.33. The van der Waals surface area contributed by atoms with E-state index >= 15 is 0 Å². The summed E-state index contributed by atoms with van der Waals surface area (Å²) in [5.41, 5.74) is 3.53. The van der Waals surface area contributed by atoms with E-state index in [0.29, 0.717) is 28.7 Å². The van der Waals surface area contributed by atoms with Gasteiger partial charge in [0.25, 0.3) is 0 Å². The van der Waals surface area contributed by atoms with Gasteiger partial charge in [-0.15, -0.1) is 0 Å². The molecule has 1 atom stereocenters. The first-order valence-electron chi connectivity index (χ1n) is 10.2. The first-order chi connectivity index (χ1) is 13.9. The third-order valence-electron chi connectivity index (χ3n) is 5.83. The van der Waals surface area contributed by atoms with E-state index in [1.54, 1.807) is 6.20 Å². The maximum atomic E-state index is 12.5. The van der Waals surface area contributed by atoms with Crippen molar-refractivity contribution < 1.29 is 4.79 Å². The summed E-state index contributed by atoms with van der Waals surface area (Å²) in [6.45, 7) is 7.14. The summed E-state index contributed by atoms with van der Waals surface area (Å²) in [6, 6.07) is 6.02. The van der Waals surface area contributed by atoms with Crippen molar-refractivity contribution in [2.24, 2.45) is 11.3 Å². The number of piperidine rings is 1. The number of nitrogens with one attached hydrogen (secondary N) is 2. The van der Waals surface area contributed by atoms with Crippen molar-refractivity contribution in [3.8, 4) is 17.3 Å². The molecule has 0 aliphatic carbocycles. The molecular weight excluding hydrogens is 386 g/mol. The van der Waals surface area contributed by atoms with Gasteiger partial charge in [0.1, 0.15) is 11.9 Å². The van der Waals surface area contributed by atoms with Crippen LogP contribution in [0.2, 0.25) is 5.02 Å². The number of rotatable bonds is 4. The van der Waals surface area contributed by atoms with Crippen molar-refractivity contribution in [2.45, 2.75) is 46.1 Å². The van der Waals surface area contributed by atoms with Crippen molar-refractivity contribution in [2.75, 3.05) is 18.4 Å². The van der Waals surface area contributed by atoms with Crippen LogP contribution in [0.3, 0.4) is 0 Å². The van der Waals surface area contributed by atoms with Crippen LogP contribution in [0.15, 0.2) is 18.3 Å². The summed E-state index contributed by atoms with van der Waals surface area (Å²) in [5.74, 6) is 0.827. The number of nitriles is 1. The van der Waals surface area contributed by atoms with Crippen molar-refractivity contribution in [1.29, 1.82) is 5.26 Å². The fraction of sp³-hybridized carbons (Fsp3) is 0.500. The molecule has 0 spiro atoms. The minimum Gasteiger partial charge on any atom is -0.343 e. The SMILES string of the molecule is CC1(C)Cc2c(C#N)cc(-c3cc(NC(=O)C[C@@H]4CCCNC4)ncc3Cl)n2C1. The predicted molar refractivity (Wildman–Crippen MR) is 114 cm³/mol. The lowest BCUT2D eigenvalue weighted by atomic mass is 9.90. The maximum Gasteiger partial charge on any atom is 0.225 e. The monoisotopic (exact) mass is 411 g/mol. The van der Waals surface area contributed by atoms with Crippen molar-refractivity contribution in [3.63, 3.8) is 0 Å². The largest absolute Gasteiger partial charge is 0.343 e. The molecule has 0 bridgehead atoms. The average molecular weight is 412 g/mol. The van der Waals surface area contributed by atoms with E-state index in [0.717, 1.165) is 55.8 Å². The van der Waals surface area contributed by atoms with E-state index in [1.807, 2.05) is 12.1 Å². The number of hydrogen-bond acceptors (Lipinski definition) is 4. The van der Waals surface area contributed by atoms with Gasteiger partial charge in [-0.1, -0.05) is 25.4 Å². The second-order valence-electron chi connectivity index (χ2n) is 8.94. The smallest absolute Gasteiger partial charge is 0.225 e. The fourth-order valence-electron chi connectivity index (χ4n) is 4.47. The summed E-state index contributed by atoms with van der Waals surface area (Å²) < 4.78 is 2.18. The molecule has 7 heteroatoms. The Hall–Kier alpha value is -2.36. The van der Waals surface area contributed by atoms with Crippen LogP contribution in [0.1, 0.15) is 44.4 Å². The van der Waals surface area contributed by atoms with Gasteiger partial charge in [0.05, 0.1) is 16.3 Å². The quantitative estimate of drug-likeness (QED) is 0.796. The Bertz CT molecular complexity index is 982. The topological polar surface area (TPSA) is 82.7 Å². The molecule has 0 radical (unpaired) electrons. The van der Waals surface area contributed by atoms with Crippen LogP contribution in [0.4, 0.5) is 5.82 Å². The predicted octanol–water partition coefficient (Wildman–Crippen LogP) is 3.99. The molecule has 4 heterocycles. The highest BCUT2D eigenvalue weighted by atomic mass is 35.5. The molecule has 0 unspecified atom stereocenters. The average Bonchev–Trinajstić information content (AvgIpc) is 3.17. The molecular formula is C22H26ClN5O. The first kappa shape index (κ1) is 19.9. The van der Waals surface area contributed by atoms with Gasteiger partial charge >= 0.3 is 0 Å². The zero-order chi connectivity index (χ0) is 20.6. The van der Waals surface area contributed by atoms with E-state index in [4.69, 9.17) is 11.6 Å². The summed E-state index contributed by atoms with van der Waals surface area (Å²) in [6.07, 6.45) is 5.10. The molecule has 2 aliphatic rings. The maximum absolute atomic E-state index is 12.5. The van der Waals surface area contributed by atoms with Gasteiger partial charge in [0.2, 0.25) is 5.91 Å². The number of carbonyl (C=O) groups is 1. The normalized spacial score (nSPS) is 20.1. The van der Waals surface area contributed by atoms with E-state index in [9.17, 15) is 10.1 Å². The number of fused-ring (bicyclic) bond motifs is 1. The van der Waals surface area contributed by atoms with E-state index in [1.165, 1.54) is 0 Å². The van der Waals surface area contributed by atoms with E-state index < -0.39 is 0 Å². The zero-order valence-electron chi connectivity index (χ0n) is 16.9. The van der Waals surface area contributed by atoms with Crippen molar-refractivity contribution >= 4 is 23.3 Å². The number of aromatic nitrogens is 2. The van der Waals surface area contributed by atoms with Gasteiger partial charge in [-0.2, -0.15) is 5.26 Å². The van der Waals surface area contributed by atoms with E-state index in [-0.39, 0.29) is 11.3 Å². The van der Waals surface area contributed by atoms with Gasteiger partial charge in [0, 0.05) is 30.4 Å². The van der Waals surface area contributed by atoms with Crippen LogP contribution in [0.25, 0.3) is 11.3 Å². The Morgan fingerprint density at radius 2 is 2.31 bits per heavy atom. The highest BCUT2D eigenvalue weighted by molar-refractivity contribution is 6.33. The van der Waals surface area contributed by atoms with Gasteiger partial charge in [-0.25, -0.2) is 4.98 Å². The molecule has 2 aromatic heterocycles. The Balaban J connectivity index is 1.59. The lowest BCUT2D eigenvalue weighted by Gasteiger charge is -2.22. The number of halogens is 1. The molecule has 2 N–H and O–H groups in total. The minimum atomic E-state index is -0.0290. The molecule has 0 aromatic carbocycles. The second-order valence-corrected chi connectivity index (χ2v) is 9.35. The Kier molecular flexibility index (Phi) is 5.37. The van der Waals surface area contributed by atoms with Crippen LogP contribution in [0, 0.1) is 22.7 Å². The lowest BCUT2D eigenvalue weighted by molar-refractivity contribution is -0.117. The molecule has 2 aromatic rings. The molecule has 1 fully saturated rings. The van der Waals surface area contributed by atoms with Gasteiger partial charge in [-0.05, 0) is 55.8 Å². The highest BCUT2D eigenvalue weighted by Crippen LogP contribution is 2.40. The zero-order valence-corrected chi connectivity index (χ0v) is 17.6. The fourth-order valence-corrected chi connectivity index (χ4v) is 4.67. The molecule has 4 rings (SSSR count). The van der Waals surface area contributed by atoms with Gasteiger partial charge < -0.3 is 15.2 Å². The Labute approximate surface area is 176 Å². The van der Waals surface area contributed by atoms with Crippen LogP contribution in [0.5, 0.6) is 0 Å². The molecule has 1 amide bonds. The van der Waals surface area contributed by atoms with Gasteiger partial charge in [0.15, 0.2) is 0 Å². The number of carbonyl (C=O) groups excluding carboxylic acids is 1. The molecule has 1 saturated heterocycles. The molecule has 6 nitrogen and oxygen atoms in total. The van der Waals surface area contributed by atoms with E-state index in [2.05, 4.69) is 40.1 Å². The summed E-state index contributed by atoms with van der Waals surface area (Å²) in [4.78, 5) is 16.8. The minimum absolute atomic E-state index is 0.0290. The number of amides is 1. The second kappa shape index (κ2) is 7.81. The van der Waals surface area contributed by atoms with Crippen molar-refractivity contribution in [3.05, 3.63) is 34.6 Å². The van der Waals surface area contributed by atoms with Gasteiger partial charge in [-0.3, -0.25) is 4.79 Å². The molecule has 152 valence electrons. The number of hydrogen-bond donors (Lipinski definition) is 2. The standard InChI is InChI=1S/C22H26ClN5O/c1-22(2)9-19-15(10-24)7-18(28(19)13-22)16-8-20(26-12-17(16)23)27-21(29)6-14-4-3-5-25-11-14/h7-8,12,14,25H,3-6,9,11,13H2,1-2H3,(H,26,27,29)/t14-/m0/s1. The number of nitrogens with zero attached hydrogens (tertiary/aromatic N) is 3. The Morgan fingerprint density at radius 1 is 1.48 bits per heavy atom. The van der Waals surface area contributed by atoms with Crippen LogP contribution in [-0.4, -0.2) is 28.5 Å². The van der Waals surface area contributed by atoms with Crippen LogP contribution >= 0.6 is 11.6 Å². The van der Waals surface area contributed by atoms with Crippen LogP contribution < -0.4 is 10.6 Å². The third-order valence-corrected chi connectivity index (χ3v) is 6.13. The van der Waals surface area contributed by atoms with Crippen LogP contribution in [-0.2, 0) is 17.8 Å². The third kappa shape index (κ3) is 4.17. The first-order valence-corrected chi connectivity index (χ1v) is 10.5. The Morgan fingerprint density at radius 3 is 3.03 bits per heavy atom. The summed E-state index contributed by atoms with van der Waals surface area (Å²) in [5, 5.41) is 16.3. The number of anilines is 1. The van der Waals surface area contributed by atoms with Crippen molar-refractivity contribution in [1.82, 2.24) is 14.9 Å². The molecule has 0 saturated carbocycles. The lowest BCUT2D eigenvalue weighted by Crippen LogP contribution is -2.32. The molecule has 2 aliphatic heterocycles. The summed E-state index contributed by atoms with van der Waals surface area (Å²) in [7, 11) is 0. The molecule has 29 heavy (non-hydrogen) atoms. The number of pyridine rings is 1. The summed E-state index contributed by atoms with van der Waals surface area (Å²) >= 11 is 6.47.